The third-order valence-electron chi connectivity index (χ3n) is 3.53. The average molecular weight is 306 g/mol. The second-order valence-electron chi connectivity index (χ2n) is 5.14. The molecule has 0 bridgehead atoms. The van der Waals surface area contributed by atoms with Gasteiger partial charge < -0.3 is 9.64 Å². The van der Waals surface area contributed by atoms with E-state index in [2.05, 4.69) is 10.1 Å². The highest BCUT2D eigenvalue weighted by atomic mass is 32.1. The van der Waals surface area contributed by atoms with Crippen molar-refractivity contribution in [3.05, 3.63) is 34.0 Å². The Morgan fingerprint density at radius 3 is 3.05 bits per heavy atom. The van der Waals surface area contributed by atoms with Gasteiger partial charge in [-0.15, -0.1) is 0 Å². The Morgan fingerprint density at radius 1 is 1.52 bits per heavy atom. The van der Waals surface area contributed by atoms with Gasteiger partial charge in [-0.1, -0.05) is 0 Å². The number of morpholine rings is 1. The molecule has 1 atom stereocenters. The summed E-state index contributed by atoms with van der Waals surface area (Å²) in [7, 11) is 0. The van der Waals surface area contributed by atoms with Gasteiger partial charge in [0.1, 0.15) is 11.6 Å². The molecule has 0 saturated carbocycles. The minimum absolute atomic E-state index is 0.0406. The molecule has 3 heterocycles. The maximum atomic E-state index is 12.4. The van der Waals surface area contributed by atoms with Gasteiger partial charge in [0.2, 0.25) is 0 Å². The predicted molar refractivity (Wildman–Crippen MR) is 79.5 cm³/mol. The second-order valence-corrected chi connectivity index (χ2v) is 5.92. The molecule has 0 aliphatic carbocycles. The molecule has 1 saturated heterocycles. The first-order chi connectivity index (χ1) is 10.1. The van der Waals surface area contributed by atoms with Crippen molar-refractivity contribution in [3.8, 4) is 0 Å². The molecule has 1 fully saturated rings. The van der Waals surface area contributed by atoms with Gasteiger partial charge in [0.25, 0.3) is 5.91 Å². The minimum Gasteiger partial charge on any atom is -0.373 e. The van der Waals surface area contributed by atoms with E-state index in [0.717, 1.165) is 17.2 Å². The number of hydrogen-bond acceptors (Lipinski definition) is 5. The lowest BCUT2D eigenvalue weighted by Crippen LogP contribution is -2.47. The lowest BCUT2D eigenvalue weighted by molar-refractivity contribution is -0.0302. The van der Waals surface area contributed by atoms with E-state index in [0.29, 0.717) is 26.2 Å². The molecule has 0 radical (unpaired) electrons. The Labute approximate surface area is 127 Å². The first-order valence-corrected chi connectivity index (χ1v) is 7.89. The Hall–Kier alpha value is -1.73. The summed E-state index contributed by atoms with van der Waals surface area (Å²) in [4.78, 5) is 18.5. The largest absolute Gasteiger partial charge is 0.373 e. The molecular weight excluding hydrogens is 288 g/mol. The standard InChI is InChI=1S/C14H18N4O2S/c1-10-15-11(2)18(16-10)8-13-7-17(4-5-20-13)14(19)12-3-6-21-9-12/h3,6,9,13H,4-5,7-8H2,1-2H3. The Bertz CT molecular complexity index is 623. The summed E-state index contributed by atoms with van der Waals surface area (Å²) in [5, 5.41) is 8.16. The van der Waals surface area contributed by atoms with Gasteiger partial charge in [-0.25, -0.2) is 9.67 Å². The van der Waals surface area contributed by atoms with Crippen LogP contribution in [0.2, 0.25) is 0 Å². The van der Waals surface area contributed by atoms with Crippen LogP contribution >= 0.6 is 11.3 Å². The van der Waals surface area contributed by atoms with Crippen molar-refractivity contribution in [1.82, 2.24) is 19.7 Å². The minimum atomic E-state index is -0.0406. The zero-order valence-electron chi connectivity index (χ0n) is 12.2. The quantitative estimate of drug-likeness (QED) is 0.862. The number of hydrogen-bond donors (Lipinski definition) is 0. The van der Waals surface area contributed by atoms with Gasteiger partial charge >= 0.3 is 0 Å². The topological polar surface area (TPSA) is 60.2 Å². The summed E-state index contributed by atoms with van der Waals surface area (Å²) in [6.45, 7) is 6.22. The van der Waals surface area contributed by atoms with Gasteiger partial charge in [-0.3, -0.25) is 4.79 Å². The summed E-state index contributed by atoms with van der Waals surface area (Å²) < 4.78 is 7.61. The van der Waals surface area contributed by atoms with Crippen molar-refractivity contribution in [2.75, 3.05) is 19.7 Å². The Balaban J connectivity index is 1.66. The lowest BCUT2D eigenvalue weighted by Gasteiger charge is -2.32. The first kappa shape index (κ1) is 14.2. The third kappa shape index (κ3) is 3.14. The maximum absolute atomic E-state index is 12.4. The second kappa shape index (κ2) is 5.95. The number of rotatable bonds is 3. The number of carbonyl (C=O) groups is 1. The van der Waals surface area contributed by atoms with E-state index in [9.17, 15) is 4.79 Å². The van der Waals surface area contributed by atoms with Gasteiger partial charge in [0.05, 0.1) is 24.8 Å². The molecule has 1 amide bonds. The number of aryl methyl sites for hydroxylation is 2. The van der Waals surface area contributed by atoms with Gasteiger partial charge in [0, 0.05) is 18.5 Å². The third-order valence-corrected chi connectivity index (χ3v) is 4.22. The molecule has 7 heteroatoms. The van der Waals surface area contributed by atoms with Gasteiger partial charge in [-0.05, 0) is 25.3 Å². The summed E-state index contributed by atoms with van der Waals surface area (Å²) >= 11 is 1.54. The van der Waals surface area contributed by atoms with Crippen molar-refractivity contribution >= 4 is 17.2 Å². The number of ether oxygens (including phenoxy) is 1. The Morgan fingerprint density at radius 2 is 2.38 bits per heavy atom. The van der Waals surface area contributed by atoms with E-state index in [-0.39, 0.29) is 12.0 Å². The van der Waals surface area contributed by atoms with Crippen LogP contribution in [0.15, 0.2) is 16.8 Å². The fourth-order valence-corrected chi connectivity index (χ4v) is 3.14. The highest BCUT2D eigenvalue weighted by Gasteiger charge is 2.26. The summed E-state index contributed by atoms with van der Waals surface area (Å²) in [6.07, 6.45) is -0.0406. The van der Waals surface area contributed by atoms with Crippen LogP contribution < -0.4 is 0 Å². The van der Waals surface area contributed by atoms with Crippen LogP contribution in [0.5, 0.6) is 0 Å². The van der Waals surface area contributed by atoms with Crippen molar-refractivity contribution < 1.29 is 9.53 Å². The van der Waals surface area contributed by atoms with Gasteiger partial charge in [0.15, 0.2) is 0 Å². The molecule has 1 unspecified atom stereocenters. The zero-order valence-corrected chi connectivity index (χ0v) is 13.0. The summed E-state index contributed by atoms with van der Waals surface area (Å²) in [6, 6.07) is 1.86. The van der Waals surface area contributed by atoms with Crippen molar-refractivity contribution in [2.45, 2.75) is 26.5 Å². The molecular formula is C14H18N4O2S. The summed E-state index contributed by atoms with van der Waals surface area (Å²) in [5.41, 5.74) is 0.758. The van der Waals surface area contributed by atoms with Crippen LogP contribution in [0.3, 0.4) is 0 Å². The zero-order chi connectivity index (χ0) is 14.8. The maximum Gasteiger partial charge on any atom is 0.254 e. The smallest absolute Gasteiger partial charge is 0.254 e. The van der Waals surface area contributed by atoms with E-state index in [1.807, 2.05) is 40.3 Å². The highest BCUT2D eigenvalue weighted by Crippen LogP contribution is 2.14. The van der Waals surface area contributed by atoms with Crippen LogP contribution in [0.4, 0.5) is 0 Å². The Kier molecular flexibility index (Phi) is 4.03. The summed E-state index contributed by atoms with van der Waals surface area (Å²) in [5.74, 6) is 1.71. The van der Waals surface area contributed by atoms with Crippen LogP contribution in [0.25, 0.3) is 0 Å². The molecule has 21 heavy (non-hydrogen) atoms. The van der Waals surface area contributed by atoms with Crippen LogP contribution in [-0.2, 0) is 11.3 Å². The number of nitrogens with zero attached hydrogens (tertiary/aromatic N) is 4. The lowest BCUT2D eigenvalue weighted by atomic mass is 10.2. The van der Waals surface area contributed by atoms with Crippen molar-refractivity contribution in [2.24, 2.45) is 0 Å². The van der Waals surface area contributed by atoms with Crippen LogP contribution in [-0.4, -0.2) is 51.4 Å². The monoisotopic (exact) mass is 306 g/mol. The van der Waals surface area contributed by atoms with Crippen LogP contribution in [0, 0.1) is 13.8 Å². The van der Waals surface area contributed by atoms with Gasteiger partial charge in [-0.2, -0.15) is 16.4 Å². The fourth-order valence-electron chi connectivity index (χ4n) is 2.51. The molecule has 0 spiro atoms. The van der Waals surface area contributed by atoms with Crippen molar-refractivity contribution in [3.63, 3.8) is 0 Å². The van der Waals surface area contributed by atoms with E-state index in [1.165, 1.54) is 11.3 Å². The van der Waals surface area contributed by atoms with Crippen molar-refractivity contribution in [1.29, 1.82) is 0 Å². The van der Waals surface area contributed by atoms with E-state index in [4.69, 9.17) is 4.74 Å². The molecule has 0 N–H and O–H groups in total. The van der Waals surface area contributed by atoms with E-state index < -0.39 is 0 Å². The van der Waals surface area contributed by atoms with Crippen LogP contribution in [0.1, 0.15) is 22.0 Å². The molecule has 0 aromatic carbocycles. The molecule has 1 aliphatic rings. The average Bonchev–Trinajstić information content (AvgIpc) is 3.09. The van der Waals surface area contributed by atoms with E-state index >= 15 is 0 Å². The fraction of sp³-hybridized carbons (Fsp3) is 0.500. The SMILES string of the molecule is Cc1nc(C)n(CC2CN(C(=O)c3ccsc3)CCO2)n1. The molecule has 2 aromatic rings. The molecule has 6 nitrogen and oxygen atoms in total. The molecule has 2 aromatic heterocycles. The number of carbonyl (C=O) groups excluding carboxylic acids is 1. The normalized spacial score (nSPS) is 19.0. The molecule has 3 rings (SSSR count). The first-order valence-electron chi connectivity index (χ1n) is 6.94. The molecule has 112 valence electrons. The predicted octanol–water partition coefficient (Wildman–Crippen LogP) is 1.50. The van der Waals surface area contributed by atoms with E-state index in [1.54, 1.807) is 0 Å². The number of amides is 1. The highest BCUT2D eigenvalue weighted by molar-refractivity contribution is 7.08. The molecule has 1 aliphatic heterocycles. The number of aromatic nitrogens is 3. The number of thiophene rings is 1.